The summed E-state index contributed by atoms with van der Waals surface area (Å²) >= 11 is 0. The molecule has 1 fully saturated rings. The number of ether oxygens (including phenoxy) is 1. The van der Waals surface area contributed by atoms with Gasteiger partial charge in [0.1, 0.15) is 11.9 Å². The van der Waals surface area contributed by atoms with Gasteiger partial charge in [0, 0.05) is 7.11 Å². The molecule has 0 aliphatic heterocycles. The molecule has 0 heterocycles. The molecule has 2 rings (SSSR count). The molecular formula is C16H23FO2. The van der Waals surface area contributed by atoms with Crippen LogP contribution in [0.5, 0.6) is 0 Å². The number of aryl methyl sites for hydroxylation is 1. The summed E-state index contributed by atoms with van der Waals surface area (Å²) in [5, 5.41) is 10.6. The summed E-state index contributed by atoms with van der Waals surface area (Å²) in [5.41, 5.74) is 0.637. The van der Waals surface area contributed by atoms with Crippen molar-refractivity contribution in [1.82, 2.24) is 0 Å². The Morgan fingerprint density at radius 3 is 2.79 bits per heavy atom. The largest absolute Gasteiger partial charge is 0.385 e. The number of halogens is 1. The van der Waals surface area contributed by atoms with Crippen LogP contribution in [-0.2, 0) is 4.74 Å². The van der Waals surface area contributed by atoms with Crippen molar-refractivity contribution in [2.45, 2.75) is 51.2 Å². The Morgan fingerprint density at radius 2 is 2.21 bits per heavy atom. The average Bonchev–Trinajstić information content (AvgIpc) is 2.41. The number of aliphatic hydroxyl groups excluding tert-OH is 1. The summed E-state index contributed by atoms with van der Waals surface area (Å²) in [5.74, 6) is 0.255. The lowest BCUT2D eigenvalue weighted by molar-refractivity contribution is -0.134. The van der Waals surface area contributed by atoms with Crippen LogP contribution >= 0.6 is 0 Å². The maximum absolute atomic E-state index is 13.7. The fourth-order valence-corrected chi connectivity index (χ4v) is 3.17. The van der Waals surface area contributed by atoms with Crippen LogP contribution < -0.4 is 0 Å². The lowest BCUT2D eigenvalue weighted by atomic mass is 9.74. The van der Waals surface area contributed by atoms with Gasteiger partial charge in [-0.2, -0.15) is 0 Å². The molecule has 1 aliphatic rings. The summed E-state index contributed by atoms with van der Waals surface area (Å²) in [6.07, 6.45) is 3.08. The normalized spacial score (nSPS) is 29.2. The highest BCUT2D eigenvalue weighted by molar-refractivity contribution is 5.27. The molecule has 0 spiro atoms. The van der Waals surface area contributed by atoms with Crippen LogP contribution in [0.2, 0.25) is 0 Å². The molecule has 1 aromatic carbocycles. The van der Waals surface area contributed by atoms with Crippen LogP contribution in [0.3, 0.4) is 0 Å². The molecule has 2 nitrogen and oxygen atoms in total. The zero-order chi connectivity index (χ0) is 14.0. The highest BCUT2D eigenvalue weighted by Crippen LogP contribution is 2.43. The van der Waals surface area contributed by atoms with E-state index in [-0.39, 0.29) is 5.82 Å². The summed E-state index contributed by atoms with van der Waals surface area (Å²) < 4.78 is 19.3. The zero-order valence-electron chi connectivity index (χ0n) is 11.9. The minimum atomic E-state index is -0.768. The standard InChI is InChI=1S/C16H23FO2/c1-11-5-4-8-16(10-11,19-3)15(18)13-7-6-12(2)14(17)9-13/h6-7,9,11,15,18H,4-5,8,10H2,1-3H3. The molecule has 0 aromatic heterocycles. The molecule has 0 radical (unpaired) electrons. The van der Waals surface area contributed by atoms with Crippen molar-refractivity contribution >= 4 is 0 Å². The SMILES string of the molecule is COC1(C(O)c2ccc(C)c(F)c2)CCCC(C)C1. The van der Waals surface area contributed by atoms with Crippen molar-refractivity contribution in [3.8, 4) is 0 Å². The Balaban J connectivity index is 2.29. The average molecular weight is 266 g/mol. The van der Waals surface area contributed by atoms with E-state index in [2.05, 4.69) is 6.92 Å². The molecule has 3 unspecified atom stereocenters. The van der Waals surface area contributed by atoms with Gasteiger partial charge in [0.2, 0.25) is 0 Å². The van der Waals surface area contributed by atoms with Crippen molar-refractivity contribution in [3.63, 3.8) is 0 Å². The molecule has 3 heteroatoms. The second-order valence-corrected chi connectivity index (χ2v) is 5.88. The van der Waals surface area contributed by atoms with Gasteiger partial charge in [-0.15, -0.1) is 0 Å². The summed E-state index contributed by atoms with van der Waals surface area (Å²) in [4.78, 5) is 0. The van der Waals surface area contributed by atoms with Crippen molar-refractivity contribution < 1.29 is 14.2 Å². The number of rotatable bonds is 3. The topological polar surface area (TPSA) is 29.5 Å². The Kier molecular flexibility index (Phi) is 4.26. The van der Waals surface area contributed by atoms with Gasteiger partial charge in [0.25, 0.3) is 0 Å². The first-order valence-corrected chi connectivity index (χ1v) is 6.98. The molecular weight excluding hydrogens is 243 g/mol. The third-order valence-corrected chi connectivity index (χ3v) is 4.41. The predicted molar refractivity (Wildman–Crippen MR) is 73.5 cm³/mol. The van der Waals surface area contributed by atoms with E-state index in [1.54, 1.807) is 26.2 Å². The second-order valence-electron chi connectivity index (χ2n) is 5.88. The zero-order valence-corrected chi connectivity index (χ0v) is 11.9. The minimum Gasteiger partial charge on any atom is -0.385 e. The quantitative estimate of drug-likeness (QED) is 0.902. The monoisotopic (exact) mass is 266 g/mol. The van der Waals surface area contributed by atoms with Gasteiger partial charge < -0.3 is 9.84 Å². The lowest BCUT2D eigenvalue weighted by Crippen LogP contribution is -2.42. The highest BCUT2D eigenvalue weighted by Gasteiger charge is 2.42. The lowest BCUT2D eigenvalue weighted by Gasteiger charge is -2.42. The molecule has 19 heavy (non-hydrogen) atoms. The molecule has 1 saturated carbocycles. The van der Waals surface area contributed by atoms with E-state index >= 15 is 0 Å². The van der Waals surface area contributed by atoms with Crippen LogP contribution in [0.4, 0.5) is 4.39 Å². The molecule has 0 bridgehead atoms. The Hall–Kier alpha value is -0.930. The Labute approximate surface area is 114 Å². The molecule has 0 saturated heterocycles. The summed E-state index contributed by atoms with van der Waals surface area (Å²) in [7, 11) is 1.64. The maximum Gasteiger partial charge on any atom is 0.126 e. The smallest absolute Gasteiger partial charge is 0.126 e. The van der Waals surface area contributed by atoms with Crippen molar-refractivity contribution in [3.05, 3.63) is 35.1 Å². The molecule has 1 N–H and O–H groups in total. The van der Waals surface area contributed by atoms with Gasteiger partial charge >= 0.3 is 0 Å². The third-order valence-electron chi connectivity index (χ3n) is 4.41. The van der Waals surface area contributed by atoms with E-state index in [1.807, 2.05) is 0 Å². The van der Waals surface area contributed by atoms with E-state index in [0.717, 1.165) is 19.3 Å². The number of aliphatic hydroxyl groups is 1. The predicted octanol–water partition coefficient (Wildman–Crippen LogP) is 3.76. The maximum atomic E-state index is 13.7. The van der Waals surface area contributed by atoms with E-state index in [1.165, 1.54) is 12.5 Å². The molecule has 3 atom stereocenters. The van der Waals surface area contributed by atoms with Crippen LogP contribution in [-0.4, -0.2) is 17.8 Å². The van der Waals surface area contributed by atoms with Gasteiger partial charge in [0.05, 0.1) is 5.60 Å². The third kappa shape index (κ3) is 2.82. The first-order valence-electron chi connectivity index (χ1n) is 6.98. The van der Waals surface area contributed by atoms with Crippen molar-refractivity contribution in [2.75, 3.05) is 7.11 Å². The molecule has 0 amide bonds. The van der Waals surface area contributed by atoms with E-state index in [0.29, 0.717) is 17.0 Å². The van der Waals surface area contributed by atoms with Crippen molar-refractivity contribution in [2.24, 2.45) is 5.92 Å². The first kappa shape index (κ1) is 14.5. The van der Waals surface area contributed by atoms with Crippen LogP contribution in [0, 0.1) is 18.7 Å². The van der Waals surface area contributed by atoms with Gasteiger partial charge in [-0.05, 0) is 42.9 Å². The number of methoxy groups -OCH3 is 1. The Morgan fingerprint density at radius 1 is 1.47 bits per heavy atom. The van der Waals surface area contributed by atoms with Crippen LogP contribution in [0.1, 0.15) is 49.8 Å². The van der Waals surface area contributed by atoms with Crippen LogP contribution in [0.25, 0.3) is 0 Å². The number of hydrogen-bond acceptors (Lipinski definition) is 2. The second kappa shape index (κ2) is 5.59. The summed E-state index contributed by atoms with van der Waals surface area (Å²) in [6.45, 7) is 3.90. The van der Waals surface area contributed by atoms with E-state index < -0.39 is 11.7 Å². The first-order chi connectivity index (χ1) is 8.98. The van der Waals surface area contributed by atoms with Gasteiger partial charge in [-0.3, -0.25) is 0 Å². The fraction of sp³-hybridized carbons (Fsp3) is 0.625. The van der Waals surface area contributed by atoms with Gasteiger partial charge in [0.15, 0.2) is 0 Å². The number of benzene rings is 1. The van der Waals surface area contributed by atoms with Crippen molar-refractivity contribution in [1.29, 1.82) is 0 Å². The minimum absolute atomic E-state index is 0.272. The highest BCUT2D eigenvalue weighted by atomic mass is 19.1. The van der Waals surface area contributed by atoms with Crippen LogP contribution in [0.15, 0.2) is 18.2 Å². The fourth-order valence-electron chi connectivity index (χ4n) is 3.17. The van der Waals surface area contributed by atoms with Gasteiger partial charge in [-0.1, -0.05) is 31.9 Å². The molecule has 106 valence electrons. The van der Waals surface area contributed by atoms with Gasteiger partial charge in [-0.25, -0.2) is 4.39 Å². The molecule has 1 aliphatic carbocycles. The number of hydrogen-bond donors (Lipinski definition) is 1. The van der Waals surface area contributed by atoms with E-state index in [4.69, 9.17) is 4.74 Å². The Bertz CT molecular complexity index is 446. The van der Waals surface area contributed by atoms with E-state index in [9.17, 15) is 9.50 Å². The summed E-state index contributed by atoms with van der Waals surface area (Å²) in [6, 6.07) is 4.94. The molecule has 1 aromatic rings.